The Morgan fingerprint density at radius 2 is 1.73 bits per heavy atom. The van der Waals surface area contributed by atoms with Crippen LogP contribution < -0.4 is 19.5 Å². The van der Waals surface area contributed by atoms with E-state index in [9.17, 15) is 9.59 Å². The van der Waals surface area contributed by atoms with Crippen LogP contribution in [0.4, 0.5) is 10.5 Å². The highest BCUT2D eigenvalue weighted by atomic mass is 16.6. The highest BCUT2D eigenvalue weighted by molar-refractivity contribution is 6.35. The van der Waals surface area contributed by atoms with Gasteiger partial charge in [0.1, 0.15) is 5.75 Å². The molecule has 0 radical (unpaired) electrons. The molecule has 0 spiro atoms. The molecule has 2 aromatic carbocycles. The number of amides is 2. The van der Waals surface area contributed by atoms with Gasteiger partial charge in [0.15, 0.2) is 11.5 Å². The minimum Gasteiger partial charge on any atom is -0.493 e. The number of hydrogen-bond acceptors (Lipinski definition) is 7. The van der Waals surface area contributed by atoms with E-state index in [1.807, 2.05) is 0 Å². The predicted octanol–water partition coefficient (Wildman–Crippen LogP) is 2.31. The largest absolute Gasteiger partial charge is 0.493 e. The quantitative estimate of drug-likeness (QED) is 0.648. The summed E-state index contributed by atoms with van der Waals surface area (Å²) >= 11 is 0. The van der Waals surface area contributed by atoms with E-state index in [1.54, 1.807) is 61.6 Å². The van der Waals surface area contributed by atoms with Crippen molar-refractivity contribution in [3.05, 3.63) is 47.5 Å². The van der Waals surface area contributed by atoms with Gasteiger partial charge in [-0.15, -0.1) is 0 Å². The summed E-state index contributed by atoms with van der Waals surface area (Å²) in [4.78, 5) is 28.7. The Hall–Kier alpha value is -3.56. The van der Waals surface area contributed by atoms with E-state index < -0.39 is 6.09 Å². The van der Waals surface area contributed by atoms with E-state index in [1.165, 1.54) is 0 Å². The van der Waals surface area contributed by atoms with Crippen molar-refractivity contribution in [2.45, 2.75) is 0 Å². The Morgan fingerprint density at radius 3 is 2.36 bits per heavy atom. The minimum absolute atomic E-state index is 0.113. The summed E-state index contributed by atoms with van der Waals surface area (Å²) in [6, 6.07) is 10.5. The summed E-state index contributed by atoms with van der Waals surface area (Å²) in [5.41, 5.74) is 2.69. The number of rotatable bonds is 6. The normalized spacial score (nSPS) is 17.0. The summed E-state index contributed by atoms with van der Waals surface area (Å²) in [6.45, 7) is 3.27. The molecule has 2 aliphatic rings. The van der Waals surface area contributed by atoms with Crippen LogP contribution in [0.3, 0.4) is 0 Å². The fraction of sp³-hybridized carbons (Fsp3) is 0.333. The molecule has 33 heavy (non-hydrogen) atoms. The molecule has 9 heteroatoms. The van der Waals surface area contributed by atoms with Gasteiger partial charge >= 0.3 is 6.09 Å². The third kappa shape index (κ3) is 4.94. The molecule has 174 valence electrons. The van der Waals surface area contributed by atoms with Gasteiger partial charge in [-0.2, -0.15) is 0 Å². The predicted molar refractivity (Wildman–Crippen MR) is 124 cm³/mol. The van der Waals surface area contributed by atoms with Gasteiger partial charge in [0.2, 0.25) is 0 Å². The first-order valence-electron chi connectivity index (χ1n) is 10.7. The molecule has 9 nitrogen and oxygen atoms in total. The Bertz CT molecular complexity index is 1060. The van der Waals surface area contributed by atoms with Crippen molar-refractivity contribution < 1.29 is 28.9 Å². The lowest BCUT2D eigenvalue weighted by Gasteiger charge is -2.33. The molecule has 1 saturated heterocycles. The van der Waals surface area contributed by atoms with E-state index in [0.717, 1.165) is 11.1 Å². The number of aliphatic hydroxyl groups excluding tert-OH is 1. The zero-order valence-corrected chi connectivity index (χ0v) is 18.7. The second-order valence-corrected chi connectivity index (χ2v) is 7.75. The molecular formula is C24H27N3O6. The van der Waals surface area contributed by atoms with Crippen LogP contribution in [0.1, 0.15) is 11.1 Å². The molecule has 0 bridgehead atoms. The molecule has 2 heterocycles. The number of nitrogens with zero attached hydrogens (tertiary/aromatic N) is 2. The number of carbonyl (C=O) groups excluding carboxylic acids is 2. The maximum atomic E-state index is 12.5. The number of aliphatic hydroxyl groups is 1. The van der Waals surface area contributed by atoms with Crippen LogP contribution in [-0.2, 0) is 4.79 Å². The average Bonchev–Trinajstić information content (AvgIpc) is 3.13. The number of fused-ring (bicyclic) bond motifs is 1. The summed E-state index contributed by atoms with van der Waals surface area (Å²) in [5, 5.41) is 11.9. The van der Waals surface area contributed by atoms with Crippen LogP contribution >= 0.6 is 0 Å². The Balaban J connectivity index is 1.44. The lowest BCUT2D eigenvalue weighted by molar-refractivity contribution is -0.110. The number of ether oxygens (including phenoxy) is 3. The van der Waals surface area contributed by atoms with Crippen LogP contribution in [0, 0.1) is 0 Å². The molecule has 0 unspecified atom stereocenters. The van der Waals surface area contributed by atoms with Crippen molar-refractivity contribution in [1.82, 2.24) is 9.80 Å². The first-order valence-corrected chi connectivity index (χ1v) is 10.7. The second kappa shape index (κ2) is 9.93. The molecule has 0 atom stereocenters. The van der Waals surface area contributed by atoms with Crippen LogP contribution in [0.5, 0.6) is 17.2 Å². The number of benzene rings is 2. The van der Waals surface area contributed by atoms with Crippen LogP contribution in [0.25, 0.3) is 11.6 Å². The number of methoxy groups -OCH3 is 2. The summed E-state index contributed by atoms with van der Waals surface area (Å²) in [7, 11) is 3.09. The highest BCUT2D eigenvalue weighted by Crippen LogP contribution is 2.41. The summed E-state index contributed by atoms with van der Waals surface area (Å²) in [5.74, 6) is 1.30. The van der Waals surface area contributed by atoms with Gasteiger partial charge in [-0.05, 0) is 29.8 Å². The van der Waals surface area contributed by atoms with Crippen molar-refractivity contribution >= 4 is 29.3 Å². The third-order valence-corrected chi connectivity index (χ3v) is 5.75. The standard InChI is InChI=1S/C24H27N3O6/c1-31-21-14-18-19(23(29)25-20(18)15-22(21)32-2)13-16-3-5-17(6-4-16)33-24(30)27-9-7-26(8-10-27)11-12-28/h3-6,13-15,28H,7-12H2,1-2H3,(H,25,29)/b19-13+. The number of β-amino-alcohol motifs (C(OH)–C–C–N with tert-alkyl or cyclic N) is 1. The number of anilines is 1. The Morgan fingerprint density at radius 1 is 1.06 bits per heavy atom. The Labute approximate surface area is 192 Å². The number of nitrogens with one attached hydrogen (secondary N) is 1. The smallest absolute Gasteiger partial charge is 0.415 e. The van der Waals surface area contributed by atoms with Crippen molar-refractivity contribution in [1.29, 1.82) is 0 Å². The SMILES string of the molecule is COc1cc2c(cc1OC)/C(=C\c1ccc(OC(=O)N3CCN(CCO)CC3)cc1)C(=O)N2. The number of piperazine rings is 1. The number of carbonyl (C=O) groups is 2. The maximum absolute atomic E-state index is 12.5. The van der Waals surface area contributed by atoms with Gasteiger partial charge in [-0.1, -0.05) is 12.1 Å². The molecule has 1 fully saturated rings. The van der Waals surface area contributed by atoms with E-state index in [2.05, 4.69) is 10.2 Å². The van der Waals surface area contributed by atoms with Crippen molar-refractivity contribution in [2.24, 2.45) is 0 Å². The lowest BCUT2D eigenvalue weighted by atomic mass is 10.0. The molecule has 2 aliphatic heterocycles. The Kier molecular flexibility index (Phi) is 6.81. The van der Waals surface area contributed by atoms with Gasteiger partial charge in [-0.3, -0.25) is 9.69 Å². The fourth-order valence-electron chi connectivity index (χ4n) is 3.92. The molecule has 2 N–H and O–H groups in total. The van der Waals surface area contributed by atoms with E-state index in [4.69, 9.17) is 19.3 Å². The fourth-order valence-corrected chi connectivity index (χ4v) is 3.92. The van der Waals surface area contributed by atoms with E-state index in [0.29, 0.717) is 61.2 Å². The molecular weight excluding hydrogens is 426 g/mol. The van der Waals surface area contributed by atoms with Gasteiger partial charge in [0.25, 0.3) is 5.91 Å². The van der Waals surface area contributed by atoms with Crippen molar-refractivity contribution in [3.8, 4) is 17.2 Å². The highest BCUT2D eigenvalue weighted by Gasteiger charge is 2.27. The van der Waals surface area contributed by atoms with Gasteiger partial charge in [0, 0.05) is 49.9 Å². The topological polar surface area (TPSA) is 101 Å². The summed E-state index contributed by atoms with van der Waals surface area (Å²) in [6.07, 6.45) is 1.38. The number of hydrogen-bond donors (Lipinski definition) is 2. The molecule has 2 amide bonds. The monoisotopic (exact) mass is 453 g/mol. The van der Waals surface area contributed by atoms with Gasteiger partial charge in [0.05, 0.1) is 26.5 Å². The third-order valence-electron chi connectivity index (χ3n) is 5.75. The molecule has 0 aliphatic carbocycles. The first-order chi connectivity index (χ1) is 16.0. The first kappa shape index (κ1) is 22.6. The van der Waals surface area contributed by atoms with Crippen molar-refractivity contribution in [3.63, 3.8) is 0 Å². The maximum Gasteiger partial charge on any atom is 0.415 e. The molecule has 4 rings (SSSR count). The second-order valence-electron chi connectivity index (χ2n) is 7.75. The van der Waals surface area contributed by atoms with Crippen molar-refractivity contribution in [2.75, 3.05) is 58.9 Å². The van der Waals surface area contributed by atoms with Gasteiger partial charge in [-0.25, -0.2) is 4.79 Å². The zero-order valence-electron chi connectivity index (χ0n) is 18.7. The van der Waals surface area contributed by atoms with Crippen LogP contribution in [0.15, 0.2) is 36.4 Å². The van der Waals surface area contributed by atoms with E-state index in [-0.39, 0.29) is 12.5 Å². The summed E-state index contributed by atoms with van der Waals surface area (Å²) < 4.78 is 16.2. The average molecular weight is 453 g/mol. The van der Waals surface area contributed by atoms with E-state index >= 15 is 0 Å². The molecule has 0 saturated carbocycles. The molecule has 0 aromatic heterocycles. The van der Waals surface area contributed by atoms with Crippen LogP contribution in [-0.4, -0.2) is 80.5 Å². The molecule has 2 aromatic rings. The zero-order chi connectivity index (χ0) is 23.4. The lowest BCUT2D eigenvalue weighted by Crippen LogP contribution is -2.50. The minimum atomic E-state index is -0.394. The van der Waals surface area contributed by atoms with Gasteiger partial charge < -0.3 is 29.5 Å². The van der Waals surface area contributed by atoms with Crippen LogP contribution in [0.2, 0.25) is 0 Å².